The quantitative estimate of drug-likeness (QED) is 0.542. The zero-order valence-corrected chi connectivity index (χ0v) is 15.9. The topological polar surface area (TPSA) is 114 Å². The Bertz CT molecular complexity index is 761. The van der Waals surface area contributed by atoms with Gasteiger partial charge in [0.25, 0.3) is 0 Å². The molecule has 0 fully saturated rings. The summed E-state index contributed by atoms with van der Waals surface area (Å²) >= 11 is 0. The van der Waals surface area contributed by atoms with E-state index in [-0.39, 0.29) is 19.5 Å². The van der Waals surface area contributed by atoms with Crippen LogP contribution in [0.25, 0.3) is 0 Å². The molecule has 2 aromatic carbocycles. The van der Waals surface area contributed by atoms with Gasteiger partial charge in [0.2, 0.25) is 0 Å². The molecule has 0 spiro atoms. The van der Waals surface area contributed by atoms with E-state index in [1.165, 1.54) is 0 Å². The zero-order valence-electron chi connectivity index (χ0n) is 11.3. The van der Waals surface area contributed by atoms with Crippen LogP contribution in [-0.4, -0.2) is 25.9 Å². The molecule has 0 saturated carbocycles. The van der Waals surface area contributed by atoms with E-state index in [2.05, 4.69) is 0 Å². The molecule has 0 N–H and O–H groups in total. The number of benzene rings is 2. The summed E-state index contributed by atoms with van der Waals surface area (Å²) in [5, 5.41) is 0. The molecule has 0 saturated heterocycles. The molecule has 0 aromatic heterocycles. The van der Waals surface area contributed by atoms with Gasteiger partial charge in [-0.3, -0.25) is 0 Å². The van der Waals surface area contributed by atoms with Crippen LogP contribution in [0.5, 0.6) is 0 Å². The van der Waals surface area contributed by atoms with Gasteiger partial charge in [-0.05, 0) is 48.5 Å². The molecule has 0 amide bonds. The van der Waals surface area contributed by atoms with Gasteiger partial charge in [-0.15, -0.1) is 0 Å². The summed E-state index contributed by atoms with van der Waals surface area (Å²) in [4.78, 5) is -0.835. The van der Waals surface area contributed by atoms with Crippen molar-refractivity contribution in [3.8, 4) is 0 Å². The van der Waals surface area contributed by atoms with Crippen molar-refractivity contribution in [1.82, 2.24) is 0 Å². The second-order valence-corrected chi connectivity index (χ2v) is 6.58. The summed E-state index contributed by atoms with van der Waals surface area (Å²) < 4.78 is 86.0. The summed E-state index contributed by atoms with van der Waals surface area (Å²) in [6.45, 7) is 0. The third kappa shape index (κ3) is 7.71. The third-order valence-corrected chi connectivity index (χ3v) is 3.90. The maximum Gasteiger partial charge on any atom is 2.00 e. The zero-order chi connectivity index (χ0) is 17.0. The van der Waals surface area contributed by atoms with E-state index >= 15 is 0 Å². The van der Waals surface area contributed by atoms with Crippen molar-refractivity contribution in [2.75, 3.05) is 0 Å². The summed E-state index contributed by atoms with van der Waals surface area (Å²) in [6, 6.07) is 7.40. The van der Waals surface area contributed by atoms with Gasteiger partial charge in [0, 0.05) is 0 Å². The largest absolute Gasteiger partial charge is 2.00 e. The Balaban J connectivity index is 0.000000403. The molecule has 6 nitrogen and oxygen atoms in total. The van der Waals surface area contributed by atoms with E-state index in [1.807, 2.05) is 0 Å². The second-order valence-electron chi connectivity index (χ2n) is 3.82. The molecule has 23 heavy (non-hydrogen) atoms. The summed E-state index contributed by atoms with van der Waals surface area (Å²) in [7, 11) is -8.87. The van der Waals surface area contributed by atoms with Gasteiger partial charge in [-0.1, -0.05) is 0 Å². The first kappa shape index (κ1) is 21.7. The van der Waals surface area contributed by atoms with E-state index in [4.69, 9.17) is 0 Å². The van der Waals surface area contributed by atoms with E-state index in [0.29, 0.717) is 0 Å². The van der Waals surface area contributed by atoms with Crippen molar-refractivity contribution in [2.24, 2.45) is 0 Å². The van der Waals surface area contributed by atoms with Crippen molar-refractivity contribution in [2.45, 2.75) is 9.79 Å². The van der Waals surface area contributed by atoms with Gasteiger partial charge in [0.05, 0.1) is 9.79 Å². The molecule has 2 rings (SSSR count). The van der Waals surface area contributed by atoms with Crippen molar-refractivity contribution in [3.63, 3.8) is 0 Å². The first-order valence-corrected chi connectivity index (χ1v) is 8.25. The third-order valence-electron chi connectivity index (χ3n) is 2.20. The van der Waals surface area contributed by atoms with Gasteiger partial charge in [-0.2, -0.15) is 0 Å². The van der Waals surface area contributed by atoms with Gasteiger partial charge in [0.15, 0.2) is 0 Å². The van der Waals surface area contributed by atoms with E-state index in [1.54, 1.807) is 0 Å². The predicted octanol–water partition coefficient (Wildman–Crippen LogP) is 1.46. The first-order valence-electron chi connectivity index (χ1n) is 5.43. The minimum atomic E-state index is -4.44. The van der Waals surface area contributed by atoms with Crippen LogP contribution < -0.4 is 0 Å². The molecule has 120 valence electrons. The number of hydrogen-bond acceptors (Lipinski definition) is 6. The Kier molecular flexibility index (Phi) is 8.09. The minimum absolute atomic E-state index is 0. The molecule has 2 aromatic rings. The fourth-order valence-corrected chi connectivity index (χ4v) is 2.14. The molecule has 0 heterocycles. The monoisotopic (exact) mass is 414 g/mol. The SMILES string of the molecule is O=S(=O)([O-])c1ccc(F)cc1.O=S(=O)([O-])c1ccc(F)cc1.[Zn+2]. The van der Waals surface area contributed by atoms with Gasteiger partial charge >= 0.3 is 19.5 Å². The van der Waals surface area contributed by atoms with Crippen molar-refractivity contribution < 1.29 is 54.2 Å². The van der Waals surface area contributed by atoms with Crippen LogP contribution >= 0.6 is 0 Å². The van der Waals surface area contributed by atoms with Crippen molar-refractivity contribution >= 4 is 20.2 Å². The number of hydrogen-bond donors (Lipinski definition) is 0. The van der Waals surface area contributed by atoms with Crippen molar-refractivity contribution in [3.05, 3.63) is 60.2 Å². The maximum atomic E-state index is 12.2. The molecule has 0 bridgehead atoms. The first-order chi connectivity index (χ1) is 10.00. The summed E-state index contributed by atoms with van der Waals surface area (Å²) in [5.41, 5.74) is 0. The Labute approximate surface area is 144 Å². The van der Waals surface area contributed by atoms with Crippen LogP contribution in [0, 0.1) is 11.6 Å². The molecular weight excluding hydrogens is 408 g/mol. The fraction of sp³-hybridized carbons (Fsp3) is 0. The number of halogens is 2. The van der Waals surface area contributed by atoms with Crippen LogP contribution in [0.3, 0.4) is 0 Å². The van der Waals surface area contributed by atoms with Crippen LogP contribution in [0.2, 0.25) is 0 Å². The molecular formula is C12H8F2O6S2Zn. The molecule has 0 aliphatic heterocycles. The van der Waals surface area contributed by atoms with Gasteiger partial charge < -0.3 is 9.11 Å². The number of rotatable bonds is 2. The smallest absolute Gasteiger partial charge is 0.744 e. The van der Waals surface area contributed by atoms with Gasteiger partial charge in [0.1, 0.15) is 31.9 Å². The normalized spacial score (nSPS) is 11.0. The molecule has 0 atom stereocenters. The van der Waals surface area contributed by atoms with Crippen molar-refractivity contribution in [1.29, 1.82) is 0 Å². The van der Waals surface area contributed by atoms with E-state index in [9.17, 15) is 34.7 Å². The predicted molar refractivity (Wildman–Crippen MR) is 68.7 cm³/mol. The molecule has 0 aliphatic carbocycles. The average Bonchev–Trinajstić information content (AvgIpc) is 2.38. The Morgan fingerprint density at radius 1 is 0.609 bits per heavy atom. The molecule has 0 radical (unpaired) electrons. The Morgan fingerprint density at radius 3 is 1.00 bits per heavy atom. The second kappa shape index (κ2) is 8.55. The van der Waals surface area contributed by atoms with Gasteiger partial charge in [-0.25, -0.2) is 25.6 Å². The minimum Gasteiger partial charge on any atom is -0.744 e. The molecule has 0 unspecified atom stereocenters. The average molecular weight is 416 g/mol. The standard InChI is InChI=1S/2C6H5FO3S.Zn/c2*7-5-1-3-6(4-2-5)11(8,9)10;/h2*1-4H,(H,8,9,10);/q;;+2/p-2. The summed E-state index contributed by atoms with van der Waals surface area (Å²) in [5.74, 6) is -1.14. The van der Waals surface area contributed by atoms with E-state index in [0.717, 1.165) is 48.5 Å². The van der Waals surface area contributed by atoms with E-state index < -0.39 is 41.7 Å². The molecule has 11 heteroatoms. The Morgan fingerprint density at radius 2 is 0.826 bits per heavy atom. The van der Waals surface area contributed by atoms with Crippen LogP contribution in [-0.2, 0) is 39.7 Å². The van der Waals surface area contributed by atoms with Crippen LogP contribution in [0.15, 0.2) is 58.3 Å². The maximum absolute atomic E-state index is 12.2. The van der Waals surface area contributed by atoms with Crippen LogP contribution in [0.4, 0.5) is 8.78 Å². The molecule has 0 aliphatic rings. The summed E-state index contributed by atoms with van der Waals surface area (Å²) in [6.07, 6.45) is 0. The van der Waals surface area contributed by atoms with Crippen LogP contribution in [0.1, 0.15) is 0 Å². The Hall–Kier alpha value is -1.26. The fourth-order valence-electron chi connectivity index (χ4n) is 1.20.